The minimum Gasteiger partial charge on any atom is -0.385 e. The number of halogens is 9. The van der Waals surface area contributed by atoms with Gasteiger partial charge in [-0.3, -0.25) is 0 Å². The van der Waals surface area contributed by atoms with Crippen molar-refractivity contribution in [3.8, 4) is 0 Å². The van der Waals surface area contributed by atoms with E-state index in [1.165, 1.54) is 6.07 Å². The van der Waals surface area contributed by atoms with Crippen LogP contribution in [0.15, 0.2) is 36.4 Å². The molecule has 0 saturated heterocycles. The molecule has 0 spiro atoms. The highest BCUT2D eigenvalue weighted by Crippen LogP contribution is 2.36. The van der Waals surface area contributed by atoms with E-state index >= 15 is 0 Å². The lowest BCUT2D eigenvalue weighted by Gasteiger charge is -2.15. The summed E-state index contributed by atoms with van der Waals surface area (Å²) in [6.45, 7) is -0.0786. The third-order valence-corrected chi connectivity index (χ3v) is 4.26. The van der Waals surface area contributed by atoms with Crippen molar-refractivity contribution in [2.24, 2.45) is 5.73 Å². The first kappa shape index (κ1) is 23.8. The van der Waals surface area contributed by atoms with E-state index in [1.54, 1.807) is 0 Å². The molecule has 2 rings (SSSR count). The Morgan fingerprint density at radius 3 is 1.70 bits per heavy atom. The maximum atomic E-state index is 12.9. The van der Waals surface area contributed by atoms with Crippen LogP contribution in [0.3, 0.4) is 0 Å². The van der Waals surface area contributed by atoms with Crippen molar-refractivity contribution in [1.29, 1.82) is 0 Å². The predicted octanol–water partition coefficient (Wildman–Crippen LogP) is 6.25. The number of rotatable bonds is 6. The summed E-state index contributed by atoms with van der Waals surface area (Å²) in [6, 6.07) is 4.26. The van der Waals surface area contributed by atoms with Gasteiger partial charge in [0, 0.05) is 18.8 Å². The molecule has 0 bridgehead atoms. The molecule has 0 aliphatic rings. The Hall–Kier alpha value is -2.43. The van der Waals surface area contributed by atoms with E-state index in [0.29, 0.717) is 17.8 Å². The summed E-state index contributed by atoms with van der Waals surface area (Å²) in [5.74, 6) is 0. The first-order valence-electron chi connectivity index (χ1n) is 8.64. The van der Waals surface area contributed by atoms with Crippen LogP contribution >= 0.6 is 0 Å². The van der Waals surface area contributed by atoms with E-state index in [9.17, 15) is 39.5 Å². The number of anilines is 1. The van der Waals surface area contributed by atoms with Crippen LogP contribution in [0.5, 0.6) is 0 Å². The van der Waals surface area contributed by atoms with Crippen molar-refractivity contribution >= 4 is 5.69 Å². The topological polar surface area (TPSA) is 38.0 Å². The molecule has 2 aromatic rings. The number of nitrogens with one attached hydrogen (secondary N) is 1. The fraction of sp³-hybridized carbons (Fsp3) is 0.368. The summed E-state index contributed by atoms with van der Waals surface area (Å²) in [4.78, 5) is 0. The minimum absolute atomic E-state index is 0.0531. The maximum Gasteiger partial charge on any atom is 0.416 e. The summed E-state index contributed by atoms with van der Waals surface area (Å²) in [5.41, 5.74) is 2.13. The molecule has 0 amide bonds. The Morgan fingerprint density at radius 2 is 1.23 bits per heavy atom. The van der Waals surface area contributed by atoms with Crippen molar-refractivity contribution in [1.82, 2.24) is 0 Å². The van der Waals surface area contributed by atoms with Crippen molar-refractivity contribution in [3.05, 3.63) is 64.2 Å². The molecule has 2 nitrogen and oxygen atoms in total. The van der Waals surface area contributed by atoms with Gasteiger partial charge in [-0.25, -0.2) is 0 Å². The second kappa shape index (κ2) is 8.75. The predicted molar refractivity (Wildman–Crippen MR) is 92.6 cm³/mol. The average Bonchev–Trinajstić information content (AvgIpc) is 2.62. The third-order valence-electron chi connectivity index (χ3n) is 4.26. The van der Waals surface area contributed by atoms with E-state index in [-0.39, 0.29) is 43.1 Å². The number of nitrogens with two attached hydrogens (primary N) is 1. The third kappa shape index (κ3) is 6.28. The van der Waals surface area contributed by atoms with Gasteiger partial charge in [-0.15, -0.1) is 0 Å². The highest BCUT2D eigenvalue weighted by atomic mass is 19.4. The number of hydrogen-bond donors (Lipinski definition) is 2. The fourth-order valence-corrected chi connectivity index (χ4v) is 2.79. The smallest absolute Gasteiger partial charge is 0.385 e. The van der Waals surface area contributed by atoms with E-state index < -0.39 is 35.2 Å². The van der Waals surface area contributed by atoms with Gasteiger partial charge in [0.05, 0.1) is 16.7 Å². The zero-order chi connectivity index (χ0) is 22.7. The molecule has 0 atom stereocenters. The average molecular weight is 444 g/mol. The number of aryl methyl sites for hydroxylation is 1. The highest BCUT2D eigenvalue weighted by Gasteiger charge is 2.36. The van der Waals surface area contributed by atoms with Crippen molar-refractivity contribution < 1.29 is 39.5 Å². The van der Waals surface area contributed by atoms with Gasteiger partial charge < -0.3 is 11.1 Å². The summed E-state index contributed by atoms with van der Waals surface area (Å²) in [6.07, 6.45) is -14.3. The summed E-state index contributed by atoms with van der Waals surface area (Å²) in [5, 5.41) is 2.81. The van der Waals surface area contributed by atoms with E-state index in [1.807, 2.05) is 0 Å². The summed E-state index contributed by atoms with van der Waals surface area (Å²) in [7, 11) is 0. The molecule has 0 saturated carbocycles. The van der Waals surface area contributed by atoms with Gasteiger partial charge >= 0.3 is 18.5 Å². The van der Waals surface area contributed by atoms with Crippen LogP contribution in [0.25, 0.3) is 0 Å². The number of hydrogen-bond acceptors (Lipinski definition) is 2. The van der Waals surface area contributed by atoms with Crippen molar-refractivity contribution in [3.63, 3.8) is 0 Å². The molecular formula is C19H17F9N2. The molecular weight excluding hydrogens is 427 g/mol. The quantitative estimate of drug-likeness (QED) is 0.409. The van der Waals surface area contributed by atoms with Crippen LogP contribution < -0.4 is 11.1 Å². The first-order chi connectivity index (χ1) is 13.7. The first-order valence-corrected chi connectivity index (χ1v) is 8.64. The van der Waals surface area contributed by atoms with Gasteiger partial charge in [0.25, 0.3) is 0 Å². The lowest BCUT2D eigenvalue weighted by atomic mass is 10.0. The van der Waals surface area contributed by atoms with Crippen LogP contribution in [0, 0.1) is 0 Å². The highest BCUT2D eigenvalue weighted by molar-refractivity contribution is 5.53. The molecule has 0 aromatic heterocycles. The van der Waals surface area contributed by atoms with Crippen LogP contribution in [-0.2, 0) is 31.5 Å². The minimum atomic E-state index is -4.93. The second-order valence-corrected chi connectivity index (χ2v) is 6.52. The molecule has 0 unspecified atom stereocenters. The van der Waals surface area contributed by atoms with Crippen molar-refractivity contribution in [2.45, 2.75) is 37.9 Å². The standard InChI is InChI=1S/C19H17F9N2/c20-17(21,22)13-3-4-16(12(8-13)10-29)30-5-1-2-11-6-14(18(23,24)25)9-15(7-11)19(26,27)28/h3-4,6-9,30H,1-2,5,10,29H2. The Morgan fingerprint density at radius 1 is 0.700 bits per heavy atom. The molecule has 166 valence electrons. The molecule has 0 radical (unpaired) electrons. The van der Waals surface area contributed by atoms with Gasteiger partial charge in [0.1, 0.15) is 0 Å². The van der Waals surface area contributed by atoms with Crippen molar-refractivity contribution in [2.75, 3.05) is 11.9 Å². The SMILES string of the molecule is NCc1cc(C(F)(F)F)ccc1NCCCc1cc(C(F)(F)F)cc(C(F)(F)F)c1. The summed E-state index contributed by atoms with van der Waals surface area (Å²) < 4.78 is 115. The number of alkyl halides is 9. The fourth-order valence-electron chi connectivity index (χ4n) is 2.79. The number of benzene rings is 2. The molecule has 0 heterocycles. The van der Waals surface area contributed by atoms with Gasteiger partial charge in [-0.1, -0.05) is 0 Å². The molecule has 2 aromatic carbocycles. The Kier molecular flexibility index (Phi) is 6.95. The molecule has 0 aliphatic heterocycles. The molecule has 0 fully saturated rings. The molecule has 0 aliphatic carbocycles. The second-order valence-electron chi connectivity index (χ2n) is 6.52. The Balaban J connectivity index is 2.09. The summed E-state index contributed by atoms with van der Waals surface area (Å²) >= 11 is 0. The lowest BCUT2D eigenvalue weighted by molar-refractivity contribution is -0.143. The van der Waals surface area contributed by atoms with Crippen LogP contribution in [0.4, 0.5) is 45.2 Å². The molecule has 3 N–H and O–H groups in total. The lowest BCUT2D eigenvalue weighted by Crippen LogP contribution is -2.13. The maximum absolute atomic E-state index is 12.9. The monoisotopic (exact) mass is 444 g/mol. The van der Waals surface area contributed by atoms with E-state index in [2.05, 4.69) is 5.32 Å². The zero-order valence-corrected chi connectivity index (χ0v) is 15.3. The Labute approximate surface area is 165 Å². The van der Waals surface area contributed by atoms with Crippen LogP contribution in [-0.4, -0.2) is 6.54 Å². The van der Waals surface area contributed by atoms with Crippen LogP contribution in [0.2, 0.25) is 0 Å². The van der Waals surface area contributed by atoms with Gasteiger partial charge in [-0.05, 0) is 60.4 Å². The van der Waals surface area contributed by atoms with Gasteiger partial charge in [0.2, 0.25) is 0 Å². The van der Waals surface area contributed by atoms with E-state index in [4.69, 9.17) is 5.73 Å². The van der Waals surface area contributed by atoms with Gasteiger partial charge in [-0.2, -0.15) is 39.5 Å². The van der Waals surface area contributed by atoms with E-state index in [0.717, 1.165) is 12.1 Å². The van der Waals surface area contributed by atoms with Crippen LogP contribution in [0.1, 0.15) is 34.2 Å². The molecule has 11 heteroatoms. The molecule has 30 heavy (non-hydrogen) atoms. The largest absolute Gasteiger partial charge is 0.416 e. The normalized spacial score (nSPS) is 12.9. The Bertz CT molecular complexity index is 836. The van der Waals surface area contributed by atoms with Gasteiger partial charge in [0.15, 0.2) is 0 Å². The zero-order valence-electron chi connectivity index (χ0n) is 15.3.